The molecule has 0 aromatic carbocycles. The third kappa shape index (κ3) is 3.93. The Balaban J connectivity index is 2.02. The Kier molecular flexibility index (Phi) is 4.77. The van der Waals surface area contributed by atoms with Crippen LogP contribution in [0.3, 0.4) is 0 Å². The number of aromatic nitrogens is 4. The van der Waals surface area contributed by atoms with E-state index in [4.69, 9.17) is 0 Å². The van der Waals surface area contributed by atoms with Crippen molar-refractivity contribution in [1.82, 2.24) is 19.3 Å². The summed E-state index contributed by atoms with van der Waals surface area (Å²) in [6.45, 7) is 9.41. The van der Waals surface area contributed by atoms with Gasteiger partial charge in [-0.15, -0.1) is 0 Å². The highest BCUT2D eigenvalue weighted by Crippen LogP contribution is 2.13. The van der Waals surface area contributed by atoms with Crippen LogP contribution in [0.25, 0.3) is 0 Å². The summed E-state index contributed by atoms with van der Waals surface area (Å²) in [4.78, 5) is 16.5. The highest BCUT2D eigenvalue weighted by molar-refractivity contribution is 5.89. The third-order valence-electron chi connectivity index (χ3n) is 3.10. The van der Waals surface area contributed by atoms with Crippen LogP contribution in [0, 0.1) is 5.92 Å². The largest absolute Gasteiger partial charge is 0.325 e. The summed E-state index contributed by atoms with van der Waals surface area (Å²) in [7, 11) is 0. The molecule has 2 heterocycles. The molecule has 0 radical (unpaired) electrons. The lowest BCUT2D eigenvalue weighted by molar-refractivity contribution is -0.116. The third-order valence-corrected chi connectivity index (χ3v) is 3.10. The second-order valence-electron chi connectivity index (χ2n) is 5.91. The summed E-state index contributed by atoms with van der Waals surface area (Å²) in [6.07, 6.45) is 5.26. The number of hydrogen-bond acceptors (Lipinski definition) is 3. The minimum atomic E-state index is -0.0691. The van der Waals surface area contributed by atoms with Crippen LogP contribution in [0.2, 0.25) is 0 Å². The first kappa shape index (κ1) is 15.3. The molecule has 6 nitrogen and oxygen atoms in total. The van der Waals surface area contributed by atoms with Gasteiger partial charge in [-0.25, -0.2) is 9.67 Å². The van der Waals surface area contributed by atoms with Crippen molar-refractivity contribution in [3.63, 3.8) is 0 Å². The molecule has 2 aromatic heterocycles. The Morgan fingerprint density at radius 2 is 2.05 bits per heavy atom. The zero-order valence-corrected chi connectivity index (χ0v) is 13.1. The van der Waals surface area contributed by atoms with Gasteiger partial charge in [0.05, 0.1) is 6.20 Å². The van der Waals surface area contributed by atoms with Crippen LogP contribution in [0.5, 0.6) is 0 Å². The summed E-state index contributed by atoms with van der Waals surface area (Å²) in [5.41, 5.74) is 0. The number of carbonyl (C=O) groups excluding carboxylic acids is 1. The van der Waals surface area contributed by atoms with Crippen LogP contribution in [-0.4, -0.2) is 25.2 Å². The number of nitrogens with zero attached hydrogens (tertiary/aromatic N) is 4. The maximum atomic E-state index is 12.2. The molecule has 0 aliphatic rings. The molecular formula is C15H23N5O. The van der Waals surface area contributed by atoms with E-state index < -0.39 is 0 Å². The molecule has 0 aliphatic heterocycles. The van der Waals surface area contributed by atoms with E-state index in [1.165, 1.54) is 0 Å². The highest BCUT2D eigenvalue weighted by atomic mass is 16.2. The number of nitrogens with one attached hydrogen (secondary N) is 1. The Morgan fingerprint density at radius 3 is 2.71 bits per heavy atom. The molecule has 0 aliphatic carbocycles. The molecule has 1 amide bonds. The molecular weight excluding hydrogens is 266 g/mol. The number of imidazole rings is 1. The lowest BCUT2D eigenvalue weighted by Crippen LogP contribution is -2.22. The maximum absolute atomic E-state index is 12.2. The summed E-state index contributed by atoms with van der Waals surface area (Å²) >= 11 is 0. The van der Waals surface area contributed by atoms with Gasteiger partial charge in [-0.1, -0.05) is 27.7 Å². The van der Waals surface area contributed by atoms with Crippen molar-refractivity contribution in [3.05, 3.63) is 30.5 Å². The topological polar surface area (TPSA) is 64.7 Å². The van der Waals surface area contributed by atoms with Crippen molar-refractivity contribution in [2.75, 3.05) is 5.32 Å². The van der Waals surface area contributed by atoms with Crippen LogP contribution in [0.1, 0.15) is 39.4 Å². The fourth-order valence-electron chi connectivity index (χ4n) is 2.22. The van der Waals surface area contributed by atoms with Crippen LogP contribution >= 0.6 is 0 Å². The van der Waals surface area contributed by atoms with E-state index in [9.17, 15) is 4.79 Å². The number of carbonyl (C=O) groups is 1. The van der Waals surface area contributed by atoms with E-state index in [1.54, 1.807) is 12.4 Å². The zero-order valence-electron chi connectivity index (χ0n) is 13.1. The molecule has 0 unspecified atom stereocenters. The van der Waals surface area contributed by atoms with Crippen LogP contribution in [0.4, 0.5) is 5.82 Å². The van der Waals surface area contributed by atoms with E-state index in [0.717, 1.165) is 18.2 Å². The van der Waals surface area contributed by atoms with E-state index in [0.29, 0.717) is 11.8 Å². The van der Waals surface area contributed by atoms with Gasteiger partial charge in [-0.2, -0.15) is 5.10 Å². The van der Waals surface area contributed by atoms with Crippen LogP contribution in [0.15, 0.2) is 24.7 Å². The van der Waals surface area contributed by atoms with Crippen molar-refractivity contribution in [2.24, 2.45) is 5.92 Å². The first-order chi connectivity index (χ1) is 9.97. The van der Waals surface area contributed by atoms with Gasteiger partial charge in [0.25, 0.3) is 0 Å². The predicted octanol–water partition coefficient (Wildman–Crippen LogP) is 2.50. The van der Waals surface area contributed by atoms with Crippen molar-refractivity contribution in [1.29, 1.82) is 0 Å². The van der Waals surface area contributed by atoms with Crippen molar-refractivity contribution < 1.29 is 4.79 Å². The average Bonchev–Trinajstić information content (AvgIpc) is 2.99. The fraction of sp³-hybridized carbons (Fsp3) is 0.533. The normalized spacial score (nSPS) is 11.3. The minimum Gasteiger partial charge on any atom is -0.325 e. The van der Waals surface area contributed by atoms with E-state index in [2.05, 4.69) is 43.1 Å². The fourth-order valence-corrected chi connectivity index (χ4v) is 2.22. The van der Waals surface area contributed by atoms with Crippen molar-refractivity contribution in [2.45, 2.75) is 46.7 Å². The monoisotopic (exact) mass is 289 g/mol. The molecule has 0 saturated heterocycles. The van der Waals surface area contributed by atoms with Gasteiger partial charge in [0.1, 0.15) is 18.2 Å². The van der Waals surface area contributed by atoms with Gasteiger partial charge in [-0.3, -0.25) is 4.79 Å². The molecule has 2 rings (SSSR count). The Bertz CT molecular complexity index is 597. The summed E-state index contributed by atoms with van der Waals surface area (Å²) in [6, 6.07) is 1.82. The van der Waals surface area contributed by atoms with Crippen molar-refractivity contribution >= 4 is 11.7 Å². The molecule has 0 fully saturated rings. The minimum absolute atomic E-state index is 0.0691. The molecule has 0 spiro atoms. The molecule has 1 N–H and O–H groups in total. The van der Waals surface area contributed by atoms with Gasteiger partial charge >= 0.3 is 0 Å². The first-order valence-corrected chi connectivity index (χ1v) is 7.30. The maximum Gasteiger partial charge on any atom is 0.245 e. The second kappa shape index (κ2) is 6.56. The highest BCUT2D eigenvalue weighted by Gasteiger charge is 2.12. The van der Waals surface area contributed by atoms with Gasteiger partial charge in [0, 0.05) is 30.9 Å². The number of rotatable bonds is 6. The standard InChI is InChI=1S/C15H23N5O/c1-11(2)9-20-13(5-6-17-20)18-14(21)10-19-8-7-16-15(19)12(3)4/h5-8,11-12H,9-10H2,1-4H3,(H,18,21). The molecule has 0 saturated carbocycles. The Hall–Kier alpha value is -2.11. The smallest absolute Gasteiger partial charge is 0.245 e. The number of anilines is 1. The van der Waals surface area contributed by atoms with Crippen molar-refractivity contribution in [3.8, 4) is 0 Å². The molecule has 114 valence electrons. The van der Waals surface area contributed by atoms with Gasteiger partial charge < -0.3 is 9.88 Å². The zero-order chi connectivity index (χ0) is 15.4. The number of amides is 1. The van der Waals surface area contributed by atoms with Crippen LogP contribution in [-0.2, 0) is 17.9 Å². The summed E-state index contributed by atoms with van der Waals surface area (Å²) in [5, 5.41) is 7.15. The SMILES string of the molecule is CC(C)Cn1nccc1NC(=O)Cn1ccnc1C(C)C. The second-order valence-corrected chi connectivity index (χ2v) is 5.91. The quantitative estimate of drug-likeness (QED) is 0.888. The Labute approximate surface area is 125 Å². The number of hydrogen-bond donors (Lipinski definition) is 1. The molecule has 2 aromatic rings. The lowest BCUT2D eigenvalue weighted by atomic mass is 10.2. The van der Waals surface area contributed by atoms with Gasteiger partial charge in [0.15, 0.2) is 0 Å². The summed E-state index contributed by atoms with van der Waals surface area (Å²) < 4.78 is 3.70. The molecule has 6 heteroatoms. The first-order valence-electron chi connectivity index (χ1n) is 7.30. The van der Waals surface area contributed by atoms with E-state index >= 15 is 0 Å². The van der Waals surface area contributed by atoms with E-state index in [1.807, 2.05) is 21.5 Å². The molecule has 0 bridgehead atoms. The molecule has 21 heavy (non-hydrogen) atoms. The van der Waals surface area contributed by atoms with Gasteiger partial charge in [0.2, 0.25) is 5.91 Å². The predicted molar refractivity (Wildman–Crippen MR) is 82.0 cm³/mol. The Morgan fingerprint density at radius 1 is 1.29 bits per heavy atom. The summed E-state index contributed by atoms with van der Waals surface area (Å²) in [5.74, 6) is 2.35. The van der Waals surface area contributed by atoms with Crippen LogP contribution < -0.4 is 5.32 Å². The lowest BCUT2D eigenvalue weighted by Gasteiger charge is -2.13. The van der Waals surface area contributed by atoms with Gasteiger partial charge in [-0.05, 0) is 5.92 Å². The van der Waals surface area contributed by atoms with E-state index in [-0.39, 0.29) is 12.5 Å². The molecule has 0 atom stereocenters. The average molecular weight is 289 g/mol.